The molecule has 0 rings (SSSR count). The molecule has 0 spiro atoms. The van der Waals surface area contributed by atoms with Crippen molar-refractivity contribution in [2.75, 3.05) is 19.7 Å². The van der Waals surface area contributed by atoms with Gasteiger partial charge in [0.1, 0.15) is 0 Å². The molecule has 1 amide bonds. The summed E-state index contributed by atoms with van der Waals surface area (Å²) in [6.07, 6.45) is 21.0. The van der Waals surface area contributed by atoms with E-state index < -0.39 is 0 Å². The van der Waals surface area contributed by atoms with Gasteiger partial charge in [0.25, 0.3) is 0 Å². The molecule has 31 heavy (non-hydrogen) atoms. The van der Waals surface area contributed by atoms with E-state index in [1.807, 2.05) is 4.90 Å². The van der Waals surface area contributed by atoms with Crippen LogP contribution in [0.2, 0.25) is 0 Å². The highest BCUT2D eigenvalue weighted by Crippen LogP contribution is 2.10. The van der Waals surface area contributed by atoms with Crippen LogP contribution in [-0.2, 0) is 14.3 Å². The smallest absolute Gasteiger partial charge is 0.306 e. The molecule has 0 atom stereocenters. The van der Waals surface area contributed by atoms with Crippen LogP contribution >= 0.6 is 0 Å². The molecule has 0 aromatic carbocycles. The van der Waals surface area contributed by atoms with E-state index >= 15 is 0 Å². The van der Waals surface area contributed by atoms with Crippen LogP contribution in [0.25, 0.3) is 0 Å². The van der Waals surface area contributed by atoms with Crippen molar-refractivity contribution in [1.29, 1.82) is 0 Å². The minimum Gasteiger partial charge on any atom is -0.466 e. The first-order valence-electron chi connectivity index (χ1n) is 13.6. The number of carbonyl (C=O) groups excluding carboxylic acids is 2. The molecule has 0 heterocycles. The molecule has 0 bridgehead atoms. The monoisotopic (exact) mass is 439 g/mol. The maximum atomic E-state index is 12.7. The standard InChI is InChI=1S/C27H53NO3/c1-4-7-10-13-14-17-20-25-31-27(30)22-21-26(29)28(23-18-15-11-8-5-2)24-19-16-12-9-6-3/h4-25H2,1-3H3. The quantitative estimate of drug-likeness (QED) is 0.120. The Morgan fingerprint density at radius 3 is 1.45 bits per heavy atom. The molecule has 0 aromatic heterocycles. The molecule has 0 radical (unpaired) electrons. The van der Waals surface area contributed by atoms with Gasteiger partial charge in [0.05, 0.1) is 13.0 Å². The van der Waals surface area contributed by atoms with Crippen LogP contribution in [0, 0.1) is 0 Å². The van der Waals surface area contributed by atoms with Crippen LogP contribution < -0.4 is 0 Å². The third-order valence-electron chi connectivity index (χ3n) is 5.97. The first-order valence-corrected chi connectivity index (χ1v) is 13.6. The topological polar surface area (TPSA) is 46.6 Å². The maximum absolute atomic E-state index is 12.7. The molecule has 0 N–H and O–H groups in total. The Morgan fingerprint density at radius 1 is 0.548 bits per heavy atom. The number of hydrogen-bond acceptors (Lipinski definition) is 3. The van der Waals surface area contributed by atoms with Crippen LogP contribution in [0.3, 0.4) is 0 Å². The molecular formula is C27H53NO3. The number of hydrogen-bond donors (Lipinski definition) is 0. The first-order chi connectivity index (χ1) is 15.2. The maximum Gasteiger partial charge on any atom is 0.306 e. The molecule has 0 unspecified atom stereocenters. The normalized spacial score (nSPS) is 10.9. The summed E-state index contributed by atoms with van der Waals surface area (Å²) in [5, 5.41) is 0. The van der Waals surface area contributed by atoms with Gasteiger partial charge in [0.2, 0.25) is 5.91 Å². The van der Waals surface area contributed by atoms with Gasteiger partial charge >= 0.3 is 5.97 Å². The zero-order valence-electron chi connectivity index (χ0n) is 21.2. The van der Waals surface area contributed by atoms with E-state index in [-0.39, 0.29) is 18.3 Å². The number of nitrogens with zero attached hydrogens (tertiary/aromatic N) is 1. The van der Waals surface area contributed by atoms with Gasteiger partial charge in [-0.15, -0.1) is 0 Å². The average molecular weight is 440 g/mol. The number of ether oxygens (including phenoxy) is 1. The number of amides is 1. The Kier molecular flexibility index (Phi) is 22.8. The van der Waals surface area contributed by atoms with Gasteiger partial charge in [-0.3, -0.25) is 9.59 Å². The zero-order chi connectivity index (χ0) is 23.0. The second-order valence-electron chi connectivity index (χ2n) is 9.05. The predicted octanol–water partition coefficient (Wildman–Crippen LogP) is 7.83. The van der Waals surface area contributed by atoms with Gasteiger partial charge in [0, 0.05) is 19.5 Å². The summed E-state index contributed by atoms with van der Waals surface area (Å²) in [7, 11) is 0. The summed E-state index contributed by atoms with van der Waals surface area (Å²) in [5.41, 5.74) is 0. The highest BCUT2D eigenvalue weighted by molar-refractivity contribution is 5.81. The number of carbonyl (C=O) groups is 2. The van der Waals surface area contributed by atoms with Gasteiger partial charge in [-0.05, 0) is 19.3 Å². The fourth-order valence-electron chi connectivity index (χ4n) is 3.86. The minimum atomic E-state index is -0.217. The highest BCUT2D eigenvalue weighted by Gasteiger charge is 2.15. The van der Waals surface area contributed by atoms with Gasteiger partial charge < -0.3 is 9.64 Å². The molecule has 0 saturated heterocycles. The molecule has 0 saturated carbocycles. The zero-order valence-corrected chi connectivity index (χ0v) is 21.2. The van der Waals surface area contributed by atoms with Crippen molar-refractivity contribution >= 4 is 11.9 Å². The predicted molar refractivity (Wildman–Crippen MR) is 132 cm³/mol. The molecule has 0 aliphatic heterocycles. The first kappa shape index (κ1) is 29.9. The van der Waals surface area contributed by atoms with E-state index in [1.165, 1.54) is 83.5 Å². The van der Waals surface area contributed by atoms with Crippen molar-refractivity contribution in [3.63, 3.8) is 0 Å². The fourth-order valence-corrected chi connectivity index (χ4v) is 3.86. The van der Waals surface area contributed by atoms with Crippen LogP contribution in [-0.4, -0.2) is 36.5 Å². The lowest BCUT2D eigenvalue weighted by molar-refractivity contribution is -0.146. The summed E-state index contributed by atoms with van der Waals surface area (Å²) < 4.78 is 5.34. The lowest BCUT2D eigenvalue weighted by Gasteiger charge is -2.23. The molecule has 0 aliphatic carbocycles. The highest BCUT2D eigenvalue weighted by atomic mass is 16.5. The van der Waals surface area contributed by atoms with Crippen LogP contribution in [0.5, 0.6) is 0 Å². The van der Waals surface area contributed by atoms with Crippen molar-refractivity contribution in [2.24, 2.45) is 0 Å². The molecule has 0 fully saturated rings. The largest absolute Gasteiger partial charge is 0.466 e. The summed E-state index contributed by atoms with van der Waals surface area (Å²) in [5.74, 6) is -0.0935. The van der Waals surface area contributed by atoms with E-state index in [1.54, 1.807) is 0 Å². The van der Waals surface area contributed by atoms with E-state index in [9.17, 15) is 9.59 Å². The number of unbranched alkanes of at least 4 members (excludes halogenated alkanes) is 14. The van der Waals surface area contributed by atoms with Crippen LogP contribution in [0.15, 0.2) is 0 Å². The molecule has 0 aliphatic rings. The molecule has 184 valence electrons. The van der Waals surface area contributed by atoms with E-state index in [0.29, 0.717) is 13.0 Å². The SMILES string of the molecule is CCCCCCCCCOC(=O)CCC(=O)N(CCCCCCC)CCCCCCC. The molecule has 0 aromatic rings. The lowest BCUT2D eigenvalue weighted by Crippen LogP contribution is -2.33. The third-order valence-corrected chi connectivity index (χ3v) is 5.97. The van der Waals surface area contributed by atoms with Gasteiger partial charge in [0.15, 0.2) is 0 Å². The summed E-state index contributed by atoms with van der Waals surface area (Å²) in [4.78, 5) is 26.7. The minimum absolute atomic E-state index is 0.124. The number of rotatable bonds is 23. The van der Waals surface area contributed by atoms with Crippen molar-refractivity contribution in [3.05, 3.63) is 0 Å². The Bertz CT molecular complexity index is 397. The van der Waals surface area contributed by atoms with E-state index in [4.69, 9.17) is 4.74 Å². The van der Waals surface area contributed by atoms with Gasteiger partial charge in [-0.1, -0.05) is 111 Å². The summed E-state index contributed by atoms with van der Waals surface area (Å²) in [6, 6.07) is 0. The molecule has 4 nitrogen and oxygen atoms in total. The Labute approximate surface area is 193 Å². The molecular weight excluding hydrogens is 386 g/mol. The third kappa shape index (κ3) is 20.6. The fraction of sp³-hybridized carbons (Fsp3) is 0.926. The summed E-state index contributed by atoms with van der Waals surface area (Å²) >= 11 is 0. The van der Waals surface area contributed by atoms with Crippen molar-refractivity contribution in [2.45, 2.75) is 143 Å². The van der Waals surface area contributed by atoms with Crippen molar-refractivity contribution in [1.82, 2.24) is 4.90 Å². The van der Waals surface area contributed by atoms with Gasteiger partial charge in [-0.25, -0.2) is 0 Å². The van der Waals surface area contributed by atoms with Crippen molar-refractivity contribution < 1.29 is 14.3 Å². The van der Waals surface area contributed by atoms with Crippen molar-refractivity contribution in [3.8, 4) is 0 Å². The molecule has 4 heteroatoms. The Morgan fingerprint density at radius 2 is 0.968 bits per heavy atom. The van der Waals surface area contributed by atoms with E-state index in [0.717, 1.165) is 38.8 Å². The lowest BCUT2D eigenvalue weighted by atomic mass is 10.1. The van der Waals surface area contributed by atoms with Crippen LogP contribution in [0.1, 0.15) is 143 Å². The van der Waals surface area contributed by atoms with E-state index in [2.05, 4.69) is 20.8 Å². The Balaban J connectivity index is 4.05. The second kappa shape index (κ2) is 23.6. The summed E-state index contributed by atoms with van der Waals surface area (Å²) in [6.45, 7) is 8.84. The average Bonchev–Trinajstić information content (AvgIpc) is 2.77. The second-order valence-corrected chi connectivity index (χ2v) is 9.05. The Hall–Kier alpha value is -1.06. The number of esters is 1. The van der Waals surface area contributed by atoms with Gasteiger partial charge in [-0.2, -0.15) is 0 Å². The van der Waals surface area contributed by atoms with Crippen LogP contribution in [0.4, 0.5) is 0 Å².